The predicted molar refractivity (Wildman–Crippen MR) is 86.9 cm³/mol. The average molecular weight is 334 g/mol. The van der Waals surface area contributed by atoms with Crippen LogP contribution in [0.2, 0.25) is 0 Å². The van der Waals surface area contributed by atoms with E-state index in [0.29, 0.717) is 30.8 Å². The molecule has 1 saturated carbocycles. The van der Waals surface area contributed by atoms with E-state index in [1.54, 1.807) is 6.92 Å². The largest absolute Gasteiger partial charge is 0.423 e. The number of likely N-dealkylation sites (tertiary alicyclic amines) is 1. The van der Waals surface area contributed by atoms with Crippen LogP contribution >= 0.6 is 0 Å². The molecular formula is C17H26N4O3. The normalized spacial score (nSPS) is 21.0. The van der Waals surface area contributed by atoms with Gasteiger partial charge in [-0.2, -0.15) is 0 Å². The molecule has 1 aliphatic heterocycles. The summed E-state index contributed by atoms with van der Waals surface area (Å²) in [6.45, 7) is 4.93. The number of hydrogen-bond acceptors (Lipinski definition) is 5. The van der Waals surface area contributed by atoms with Crippen LogP contribution in [0.4, 0.5) is 0 Å². The molecule has 2 amide bonds. The number of aromatic nitrogens is 2. The van der Waals surface area contributed by atoms with E-state index in [2.05, 4.69) is 15.5 Å². The third-order valence-electron chi connectivity index (χ3n) is 5.15. The van der Waals surface area contributed by atoms with Crippen LogP contribution in [0.5, 0.6) is 0 Å². The smallest absolute Gasteiger partial charge is 0.238 e. The van der Waals surface area contributed by atoms with E-state index >= 15 is 0 Å². The summed E-state index contributed by atoms with van der Waals surface area (Å²) in [4.78, 5) is 26.8. The van der Waals surface area contributed by atoms with Gasteiger partial charge in [-0.05, 0) is 32.6 Å². The molecule has 1 N–H and O–H groups in total. The van der Waals surface area contributed by atoms with Crippen LogP contribution in [0.3, 0.4) is 0 Å². The molecule has 1 aromatic rings. The van der Waals surface area contributed by atoms with Gasteiger partial charge < -0.3 is 14.6 Å². The lowest BCUT2D eigenvalue weighted by molar-refractivity contribution is -0.139. The maximum Gasteiger partial charge on any atom is 0.238 e. The van der Waals surface area contributed by atoms with Gasteiger partial charge in [0, 0.05) is 31.8 Å². The maximum atomic E-state index is 12.4. The number of carbonyl (C=O) groups excluding carboxylic acids is 2. The van der Waals surface area contributed by atoms with Crippen LogP contribution in [0.15, 0.2) is 4.42 Å². The molecule has 2 aliphatic rings. The predicted octanol–water partition coefficient (Wildman–Crippen LogP) is 1.98. The standard InChI is InChI=1S/C17H26N4O3/c1-11(16-20-19-12(2)24-16)18-15(22)13-7-9-21(10-8-13)17(23)14-5-3-4-6-14/h11,13-14H,3-10H2,1-2H3,(H,18,22)/t11-/m1/s1. The van der Waals surface area contributed by atoms with Crippen molar-refractivity contribution in [1.82, 2.24) is 20.4 Å². The van der Waals surface area contributed by atoms with Gasteiger partial charge in [0.1, 0.15) is 6.04 Å². The number of aryl methyl sites for hydroxylation is 1. The molecular weight excluding hydrogens is 308 g/mol. The molecule has 1 atom stereocenters. The summed E-state index contributed by atoms with van der Waals surface area (Å²) in [5, 5.41) is 10.7. The molecule has 0 spiro atoms. The van der Waals surface area contributed by atoms with Crippen molar-refractivity contribution in [2.75, 3.05) is 13.1 Å². The fourth-order valence-electron chi connectivity index (χ4n) is 3.67. The number of hydrogen-bond donors (Lipinski definition) is 1. The first-order valence-electron chi connectivity index (χ1n) is 8.93. The fraction of sp³-hybridized carbons (Fsp3) is 0.765. The average Bonchev–Trinajstić information content (AvgIpc) is 3.26. The lowest BCUT2D eigenvalue weighted by Gasteiger charge is -2.33. The van der Waals surface area contributed by atoms with Gasteiger partial charge in [0.05, 0.1) is 0 Å². The number of rotatable bonds is 4. The second-order valence-electron chi connectivity index (χ2n) is 6.97. The SMILES string of the molecule is Cc1nnc([C@@H](C)NC(=O)C2CCN(C(=O)C3CCCC3)CC2)o1. The summed E-state index contributed by atoms with van der Waals surface area (Å²) in [6.07, 6.45) is 5.84. The number of carbonyl (C=O) groups is 2. The van der Waals surface area contributed by atoms with Crippen molar-refractivity contribution in [2.24, 2.45) is 11.8 Å². The van der Waals surface area contributed by atoms with Gasteiger partial charge in [-0.15, -0.1) is 10.2 Å². The number of nitrogens with zero attached hydrogens (tertiary/aromatic N) is 3. The van der Waals surface area contributed by atoms with Crippen LogP contribution in [0.25, 0.3) is 0 Å². The van der Waals surface area contributed by atoms with Crippen molar-refractivity contribution in [2.45, 2.75) is 58.4 Å². The molecule has 132 valence electrons. The van der Waals surface area contributed by atoms with E-state index in [4.69, 9.17) is 4.42 Å². The lowest BCUT2D eigenvalue weighted by atomic mass is 9.94. The Morgan fingerprint density at radius 2 is 1.79 bits per heavy atom. The number of piperidine rings is 1. The first-order chi connectivity index (χ1) is 11.5. The zero-order valence-corrected chi connectivity index (χ0v) is 14.5. The van der Waals surface area contributed by atoms with Crippen LogP contribution in [-0.4, -0.2) is 40.0 Å². The molecule has 0 aromatic carbocycles. The first-order valence-corrected chi connectivity index (χ1v) is 8.93. The Morgan fingerprint density at radius 3 is 2.38 bits per heavy atom. The highest BCUT2D eigenvalue weighted by Crippen LogP contribution is 2.28. The third kappa shape index (κ3) is 3.76. The Hall–Kier alpha value is -1.92. The highest BCUT2D eigenvalue weighted by atomic mass is 16.4. The highest BCUT2D eigenvalue weighted by molar-refractivity contribution is 5.81. The van der Waals surface area contributed by atoms with Crippen molar-refractivity contribution >= 4 is 11.8 Å². The maximum absolute atomic E-state index is 12.4. The Morgan fingerprint density at radius 1 is 1.12 bits per heavy atom. The molecule has 24 heavy (non-hydrogen) atoms. The first kappa shape index (κ1) is 16.9. The zero-order valence-electron chi connectivity index (χ0n) is 14.5. The van der Waals surface area contributed by atoms with E-state index < -0.39 is 0 Å². The monoisotopic (exact) mass is 334 g/mol. The molecule has 2 heterocycles. The van der Waals surface area contributed by atoms with Gasteiger partial charge >= 0.3 is 0 Å². The second kappa shape index (κ2) is 7.32. The fourth-order valence-corrected chi connectivity index (χ4v) is 3.67. The molecule has 0 unspecified atom stereocenters. The van der Waals surface area contributed by atoms with Crippen LogP contribution < -0.4 is 5.32 Å². The Labute approximate surface area is 142 Å². The lowest BCUT2D eigenvalue weighted by Crippen LogP contribution is -2.45. The molecule has 7 nitrogen and oxygen atoms in total. The summed E-state index contributed by atoms with van der Waals surface area (Å²) in [5.74, 6) is 1.38. The van der Waals surface area contributed by atoms with Gasteiger partial charge in [0.25, 0.3) is 0 Å². The second-order valence-corrected chi connectivity index (χ2v) is 6.97. The van der Waals surface area contributed by atoms with Gasteiger partial charge in [-0.3, -0.25) is 9.59 Å². The van der Waals surface area contributed by atoms with Crippen molar-refractivity contribution in [1.29, 1.82) is 0 Å². The van der Waals surface area contributed by atoms with E-state index in [9.17, 15) is 9.59 Å². The minimum Gasteiger partial charge on any atom is -0.423 e. The quantitative estimate of drug-likeness (QED) is 0.909. The van der Waals surface area contributed by atoms with Gasteiger partial charge in [0.15, 0.2) is 0 Å². The molecule has 1 aromatic heterocycles. The van der Waals surface area contributed by atoms with E-state index in [-0.39, 0.29) is 23.8 Å². The van der Waals surface area contributed by atoms with Gasteiger partial charge in [0.2, 0.25) is 23.6 Å². The van der Waals surface area contributed by atoms with E-state index in [1.807, 2.05) is 11.8 Å². The number of amides is 2. The molecule has 1 saturated heterocycles. The summed E-state index contributed by atoms with van der Waals surface area (Å²) in [7, 11) is 0. The Balaban J connectivity index is 1.47. The topological polar surface area (TPSA) is 88.3 Å². The molecule has 7 heteroatoms. The van der Waals surface area contributed by atoms with Crippen molar-refractivity contribution in [3.63, 3.8) is 0 Å². The van der Waals surface area contributed by atoms with Crippen LogP contribution in [0.1, 0.15) is 63.3 Å². The highest BCUT2D eigenvalue weighted by Gasteiger charge is 2.32. The summed E-state index contributed by atoms with van der Waals surface area (Å²) in [6, 6.07) is -0.295. The molecule has 3 rings (SSSR count). The number of nitrogens with one attached hydrogen (secondary N) is 1. The molecule has 0 radical (unpaired) electrons. The van der Waals surface area contributed by atoms with E-state index in [1.165, 1.54) is 12.8 Å². The summed E-state index contributed by atoms with van der Waals surface area (Å²) < 4.78 is 5.35. The molecule has 2 fully saturated rings. The third-order valence-corrected chi connectivity index (χ3v) is 5.15. The van der Waals surface area contributed by atoms with E-state index in [0.717, 1.165) is 25.7 Å². The molecule has 1 aliphatic carbocycles. The van der Waals surface area contributed by atoms with Crippen LogP contribution in [-0.2, 0) is 9.59 Å². The van der Waals surface area contributed by atoms with Crippen molar-refractivity contribution < 1.29 is 14.0 Å². The Bertz CT molecular complexity index is 586. The minimum atomic E-state index is -0.295. The summed E-state index contributed by atoms with van der Waals surface area (Å²) in [5.41, 5.74) is 0. The van der Waals surface area contributed by atoms with Gasteiger partial charge in [-0.1, -0.05) is 12.8 Å². The van der Waals surface area contributed by atoms with Crippen molar-refractivity contribution in [3.05, 3.63) is 11.8 Å². The van der Waals surface area contributed by atoms with Crippen LogP contribution in [0, 0.1) is 18.8 Å². The minimum absolute atomic E-state index is 0.00585. The molecule has 0 bridgehead atoms. The zero-order chi connectivity index (χ0) is 17.1. The van der Waals surface area contributed by atoms with Gasteiger partial charge in [-0.25, -0.2) is 0 Å². The van der Waals surface area contributed by atoms with Crippen molar-refractivity contribution in [3.8, 4) is 0 Å². The summed E-state index contributed by atoms with van der Waals surface area (Å²) >= 11 is 0. The Kier molecular flexibility index (Phi) is 5.16.